The van der Waals surface area contributed by atoms with E-state index >= 15 is 0 Å². The van der Waals surface area contributed by atoms with Gasteiger partial charge in [-0.2, -0.15) is 5.10 Å². The summed E-state index contributed by atoms with van der Waals surface area (Å²) in [5.74, 6) is 1.74. The van der Waals surface area contributed by atoms with Crippen LogP contribution in [0.2, 0.25) is 0 Å². The van der Waals surface area contributed by atoms with E-state index in [4.69, 9.17) is 0 Å². The maximum Gasteiger partial charge on any atom is 0.0650 e. The molecule has 20 heavy (non-hydrogen) atoms. The van der Waals surface area contributed by atoms with Crippen LogP contribution < -0.4 is 5.32 Å². The Morgan fingerprint density at radius 3 is 2.75 bits per heavy atom. The number of aromatic nitrogens is 2. The number of H-pyrrole nitrogens is 1. The number of anilines is 1. The summed E-state index contributed by atoms with van der Waals surface area (Å²) in [6, 6.07) is 10.6. The van der Waals surface area contributed by atoms with Crippen molar-refractivity contribution in [1.29, 1.82) is 0 Å². The summed E-state index contributed by atoms with van der Waals surface area (Å²) in [7, 11) is 0. The van der Waals surface area contributed by atoms with Crippen molar-refractivity contribution in [2.24, 2.45) is 11.8 Å². The molecule has 1 aromatic carbocycles. The van der Waals surface area contributed by atoms with Crippen molar-refractivity contribution in [3.8, 4) is 11.3 Å². The molecule has 2 unspecified atom stereocenters. The van der Waals surface area contributed by atoms with Crippen molar-refractivity contribution in [2.75, 3.05) is 11.9 Å². The lowest BCUT2D eigenvalue weighted by Gasteiger charge is -2.27. The van der Waals surface area contributed by atoms with Gasteiger partial charge in [0.2, 0.25) is 0 Å². The van der Waals surface area contributed by atoms with E-state index in [0.717, 1.165) is 24.1 Å². The second-order valence-corrected chi connectivity index (χ2v) is 6.07. The second-order valence-electron chi connectivity index (χ2n) is 6.07. The molecule has 1 aliphatic rings. The molecule has 2 N–H and O–H groups in total. The minimum Gasteiger partial charge on any atom is -0.385 e. The van der Waals surface area contributed by atoms with Crippen LogP contribution in [-0.4, -0.2) is 16.7 Å². The molecule has 2 atom stereocenters. The number of hydrogen-bond donors (Lipinski definition) is 2. The lowest BCUT2D eigenvalue weighted by Crippen LogP contribution is -2.20. The summed E-state index contributed by atoms with van der Waals surface area (Å²) in [6.45, 7) is 3.49. The number of nitrogens with zero attached hydrogens (tertiary/aromatic N) is 1. The highest BCUT2D eigenvalue weighted by molar-refractivity contribution is 5.62. The summed E-state index contributed by atoms with van der Waals surface area (Å²) in [6.07, 6.45) is 7.34. The van der Waals surface area contributed by atoms with Gasteiger partial charge in [-0.25, -0.2) is 0 Å². The molecule has 0 saturated heterocycles. The summed E-state index contributed by atoms with van der Waals surface area (Å²) in [5, 5.41) is 10.6. The fourth-order valence-corrected chi connectivity index (χ4v) is 3.19. The topological polar surface area (TPSA) is 40.7 Å². The van der Waals surface area contributed by atoms with Gasteiger partial charge in [-0.3, -0.25) is 5.10 Å². The molecule has 3 nitrogen and oxygen atoms in total. The van der Waals surface area contributed by atoms with Crippen LogP contribution in [0.5, 0.6) is 0 Å². The molecule has 1 aliphatic carbocycles. The normalized spacial score (nSPS) is 22.6. The first-order valence-electron chi connectivity index (χ1n) is 7.65. The van der Waals surface area contributed by atoms with Gasteiger partial charge in [-0.05, 0) is 48.4 Å². The second kappa shape index (κ2) is 6.12. The lowest BCUT2D eigenvalue weighted by molar-refractivity contribution is 0.293. The van der Waals surface area contributed by atoms with E-state index < -0.39 is 0 Å². The van der Waals surface area contributed by atoms with Gasteiger partial charge >= 0.3 is 0 Å². The predicted molar refractivity (Wildman–Crippen MR) is 83.6 cm³/mol. The zero-order valence-corrected chi connectivity index (χ0v) is 12.1. The van der Waals surface area contributed by atoms with Crippen molar-refractivity contribution >= 4 is 5.69 Å². The van der Waals surface area contributed by atoms with Gasteiger partial charge in [0.05, 0.1) is 5.69 Å². The Bertz CT molecular complexity index is 516. The Kier molecular flexibility index (Phi) is 4.05. The van der Waals surface area contributed by atoms with E-state index in [-0.39, 0.29) is 0 Å². The average Bonchev–Trinajstić information content (AvgIpc) is 3.00. The van der Waals surface area contributed by atoms with Crippen LogP contribution in [0.3, 0.4) is 0 Å². The molecule has 1 saturated carbocycles. The molecular weight excluding hydrogens is 246 g/mol. The van der Waals surface area contributed by atoms with Gasteiger partial charge in [0.15, 0.2) is 0 Å². The average molecular weight is 269 g/mol. The fraction of sp³-hybridized carbons (Fsp3) is 0.471. The van der Waals surface area contributed by atoms with E-state index in [1.165, 1.54) is 36.9 Å². The Morgan fingerprint density at radius 2 is 2.05 bits per heavy atom. The number of benzene rings is 1. The zero-order chi connectivity index (χ0) is 13.8. The van der Waals surface area contributed by atoms with Gasteiger partial charge in [0, 0.05) is 18.4 Å². The highest BCUT2D eigenvalue weighted by Gasteiger charge is 2.18. The number of hydrogen-bond acceptors (Lipinski definition) is 2. The van der Waals surface area contributed by atoms with E-state index in [2.05, 4.69) is 46.7 Å². The highest BCUT2D eigenvalue weighted by Crippen LogP contribution is 2.29. The van der Waals surface area contributed by atoms with Crippen LogP contribution in [-0.2, 0) is 0 Å². The van der Waals surface area contributed by atoms with Gasteiger partial charge < -0.3 is 5.32 Å². The first kappa shape index (κ1) is 13.2. The van der Waals surface area contributed by atoms with Crippen molar-refractivity contribution in [2.45, 2.75) is 32.6 Å². The quantitative estimate of drug-likeness (QED) is 0.868. The van der Waals surface area contributed by atoms with Crippen molar-refractivity contribution < 1.29 is 0 Å². The van der Waals surface area contributed by atoms with Crippen LogP contribution in [0, 0.1) is 11.8 Å². The van der Waals surface area contributed by atoms with E-state index in [0.29, 0.717) is 0 Å². The minimum absolute atomic E-state index is 0.839. The maximum atomic E-state index is 3.98. The third kappa shape index (κ3) is 3.21. The molecular formula is C17H23N3. The molecule has 1 aromatic heterocycles. The van der Waals surface area contributed by atoms with E-state index in [1.807, 2.05) is 6.07 Å². The van der Waals surface area contributed by atoms with E-state index in [9.17, 15) is 0 Å². The monoisotopic (exact) mass is 269 g/mol. The molecule has 2 aromatic rings. The third-order valence-electron chi connectivity index (χ3n) is 4.34. The summed E-state index contributed by atoms with van der Waals surface area (Å²) in [4.78, 5) is 0. The molecule has 1 fully saturated rings. The van der Waals surface area contributed by atoms with Gasteiger partial charge in [0.25, 0.3) is 0 Å². The standard InChI is InChI=1S/C17H23N3/c1-13-3-2-4-14(11-13)12-18-16-7-5-15(6-8-16)17-9-10-19-20-17/h5-10,13-14,18H,2-4,11-12H2,1H3,(H,19,20). The first-order chi connectivity index (χ1) is 9.81. The fourth-order valence-electron chi connectivity index (χ4n) is 3.19. The first-order valence-corrected chi connectivity index (χ1v) is 7.65. The molecule has 0 amide bonds. The van der Waals surface area contributed by atoms with Gasteiger partial charge in [-0.1, -0.05) is 31.9 Å². The Balaban J connectivity index is 1.56. The smallest absolute Gasteiger partial charge is 0.0650 e. The Morgan fingerprint density at radius 1 is 1.20 bits per heavy atom. The summed E-state index contributed by atoms with van der Waals surface area (Å²) in [5.41, 5.74) is 3.46. The number of rotatable bonds is 4. The molecule has 3 heteroatoms. The molecule has 1 heterocycles. The van der Waals surface area contributed by atoms with Crippen LogP contribution in [0.4, 0.5) is 5.69 Å². The van der Waals surface area contributed by atoms with Crippen LogP contribution in [0.25, 0.3) is 11.3 Å². The summed E-state index contributed by atoms with van der Waals surface area (Å²) < 4.78 is 0. The molecule has 0 spiro atoms. The van der Waals surface area contributed by atoms with Crippen molar-refractivity contribution in [3.05, 3.63) is 36.5 Å². The highest BCUT2D eigenvalue weighted by atomic mass is 15.1. The lowest BCUT2D eigenvalue weighted by atomic mass is 9.82. The molecule has 0 aliphatic heterocycles. The molecule has 3 rings (SSSR count). The predicted octanol–water partition coefficient (Wildman–Crippen LogP) is 4.31. The number of aromatic amines is 1. The van der Waals surface area contributed by atoms with E-state index in [1.54, 1.807) is 6.20 Å². The third-order valence-corrected chi connectivity index (χ3v) is 4.34. The Hall–Kier alpha value is -1.77. The van der Waals surface area contributed by atoms with Crippen LogP contribution in [0.15, 0.2) is 36.5 Å². The van der Waals surface area contributed by atoms with Crippen molar-refractivity contribution in [1.82, 2.24) is 10.2 Å². The summed E-state index contributed by atoms with van der Waals surface area (Å²) >= 11 is 0. The number of nitrogens with one attached hydrogen (secondary N) is 2. The van der Waals surface area contributed by atoms with Gasteiger partial charge in [0.1, 0.15) is 0 Å². The molecule has 0 bridgehead atoms. The minimum atomic E-state index is 0.839. The van der Waals surface area contributed by atoms with Gasteiger partial charge in [-0.15, -0.1) is 0 Å². The maximum absolute atomic E-state index is 3.98. The zero-order valence-electron chi connectivity index (χ0n) is 12.1. The van der Waals surface area contributed by atoms with Crippen LogP contribution in [0.1, 0.15) is 32.6 Å². The van der Waals surface area contributed by atoms with Crippen LogP contribution >= 0.6 is 0 Å². The molecule has 106 valence electrons. The largest absolute Gasteiger partial charge is 0.385 e. The molecule has 0 radical (unpaired) electrons. The Labute approximate surface area is 120 Å². The van der Waals surface area contributed by atoms with Crippen molar-refractivity contribution in [3.63, 3.8) is 0 Å². The SMILES string of the molecule is CC1CCCC(CNc2ccc(-c3ccn[nH]3)cc2)C1.